The number of nitrogens with zero attached hydrogens (tertiary/aromatic N) is 3. The molecule has 5 heteroatoms. The molecular formula is C25H28N4O. The molecule has 0 bridgehead atoms. The first-order valence-corrected chi connectivity index (χ1v) is 10.5. The number of nitrogens with one attached hydrogen (secondary N) is 1. The van der Waals surface area contributed by atoms with E-state index >= 15 is 0 Å². The van der Waals surface area contributed by atoms with Gasteiger partial charge in [-0.25, -0.2) is 4.98 Å². The van der Waals surface area contributed by atoms with Crippen LogP contribution < -0.4 is 5.32 Å². The predicted octanol–water partition coefficient (Wildman–Crippen LogP) is 5.34. The van der Waals surface area contributed by atoms with E-state index in [0.717, 1.165) is 52.7 Å². The molecule has 1 amide bonds. The number of pyridine rings is 1. The minimum atomic E-state index is -0.190. The van der Waals surface area contributed by atoms with Gasteiger partial charge >= 0.3 is 0 Å². The zero-order valence-corrected chi connectivity index (χ0v) is 17.9. The second-order valence-corrected chi connectivity index (χ2v) is 8.72. The van der Waals surface area contributed by atoms with Crippen LogP contribution in [0.2, 0.25) is 0 Å². The Hall–Kier alpha value is -3.21. The van der Waals surface area contributed by atoms with Gasteiger partial charge in [-0.3, -0.25) is 9.78 Å². The van der Waals surface area contributed by atoms with E-state index in [0.29, 0.717) is 6.42 Å². The number of unbranched alkanes of at least 4 members (excludes halogenated alkanes) is 1. The van der Waals surface area contributed by atoms with E-state index in [-0.39, 0.29) is 11.4 Å². The number of hydrogen-bond acceptors (Lipinski definition) is 3. The van der Waals surface area contributed by atoms with E-state index in [1.54, 1.807) is 0 Å². The molecule has 0 aliphatic heterocycles. The maximum atomic E-state index is 12.2. The number of aromatic nitrogens is 3. The van der Waals surface area contributed by atoms with Crippen molar-refractivity contribution in [2.45, 2.75) is 52.1 Å². The number of rotatable bonds is 6. The molecule has 0 atom stereocenters. The predicted molar refractivity (Wildman–Crippen MR) is 122 cm³/mol. The van der Waals surface area contributed by atoms with Gasteiger partial charge in [-0.2, -0.15) is 0 Å². The molecule has 0 aliphatic rings. The standard InChI is InChI=1S/C25H28N4O/c1-25(2,3)28-22(30)15-9-10-16-29-23-19-13-7-8-14-20(19)26-17-21(23)27-24(29)18-11-5-4-6-12-18/h4-8,11-14,17H,9-10,15-16H2,1-3H3,(H,28,30). The number of carbonyl (C=O) groups excluding carboxylic acids is 1. The number of benzene rings is 2. The quantitative estimate of drug-likeness (QED) is 0.445. The lowest BCUT2D eigenvalue weighted by atomic mass is 10.1. The fraction of sp³-hybridized carbons (Fsp3) is 0.320. The zero-order chi connectivity index (χ0) is 21.1. The number of carbonyl (C=O) groups is 1. The minimum Gasteiger partial charge on any atom is -0.352 e. The maximum absolute atomic E-state index is 12.2. The average Bonchev–Trinajstić information content (AvgIpc) is 3.10. The third kappa shape index (κ3) is 4.35. The van der Waals surface area contributed by atoms with Gasteiger partial charge in [0.25, 0.3) is 0 Å². The lowest BCUT2D eigenvalue weighted by Gasteiger charge is -2.20. The van der Waals surface area contributed by atoms with Crippen LogP contribution in [0.4, 0.5) is 0 Å². The van der Waals surface area contributed by atoms with Crippen LogP contribution in [0.15, 0.2) is 60.8 Å². The van der Waals surface area contributed by atoms with Crippen LogP contribution in [0.5, 0.6) is 0 Å². The first-order chi connectivity index (χ1) is 14.4. The van der Waals surface area contributed by atoms with Crippen LogP contribution in [-0.2, 0) is 11.3 Å². The summed E-state index contributed by atoms with van der Waals surface area (Å²) in [5, 5.41) is 4.14. The van der Waals surface area contributed by atoms with Gasteiger partial charge in [-0.05, 0) is 39.7 Å². The van der Waals surface area contributed by atoms with Gasteiger partial charge in [0.05, 0.1) is 17.2 Å². The molecule has 0 fully saturated rings. The molecule has 0 saturated heterocycles. The van der Waals surface area contributed by atoms with Crippen molar-refractivity contribution in [3.05, 3.63) is 60.8 Å². The second-order valence-electron chi connectivity index (χ2n) is 8.72. The molecule has 0 radical (unpaired) electrons. The highest BCUT2D eigenvalue weighted by atomic mass is 16.1. The van der Waals surface area contributed by atoms with E-state index in [2.05, 4.69) is 33.1 Å². The van der Waals surface area contributed by atoms with Crippen LogP contribution in [0, 0.1) is 0 Å². The van der Waals surface area contributed by atoms with Crippen molar-refractivity contribution >= 4 is 27.8 Å². The zero-order valence-electron chi connectivity index (χ0n) is 17.9. The Morgan fingerprint density at radius 2 is 1.70 bits per heavy atom. The van der Waals surface area contributed by atoms with Crippen LogP contribution in [0.1, 0.15) is 40.0 Å². The van der Waals surface area contributed by atoms with Crippen molar-refractivity contribution < 1.29 is 4.79 Å². The fourth-order valence-electron chi connectivity index (χ4n) is 3.82. The molecule has 4 aromatic rings. The number of hydrogen-bond donors (Lipinski definition) is 1. The number of para-hydroxylation sites is 1. The third-order valence-corrected chi connectivity index (χ3v) is 5.06. The number of aryl methyl sites for hydroxylation is 1. The monoisotopic (exact) mass is 400 g/mol. The van der Waals surface area contributed by atoms with Gasteiger partial charge in [0, 0.05) is 29.5 Å². The number of amides is 1. The molecule has 2 heterocycles. The molecule has 5 nitrogen and oxygen atoms in total. The van der Waals surface area contributed by atoms with Crippen molar-refractivity contribution in [2.75, 3.05) is 0 Å². The summed E-state index contributed by atoms with van der Waals surface area (Å²) in [5.74, 6) is 1.05. The summed E-state index contributed by atoms with van der Waals surface area (Å²) >= 11 is 0. The fourth-order valence-corrected chi connectivity index (χ4v) is 3.82. The van der Waals surface area contributed by atoms with Crippen molar-refractivity contribution in [2.24, 2.45) is 0 Å². The van der Waals surface area contributed by atoms with Crippen molar-refractivity contribution in [1.82, 2.24) is 19.9 Å². The highest BCUT2D eigenvalue weighted by Crippen LogP contribution is 2.29. The molecule has 4 rings (SSSR count). The van der Waals surface area contributed by atoms with Crippen LogP contribution in [0.25, 0.3) is 33.3 Å². The largest absolute Gasteiger partial charge is 0.352 e. The highest BCUT2D eigenvalue weighted by molar-refractivity contribution is 6.03. The van der Waals surface area contributed by atoms with E-state index in [1.807, 2.05) is 63.4 Å². The first kappa shape index (κ1) is 20.1. The first-order valence-electron chi connectivity index (χ1n) is 10.5. The lowest BCUT2D eigenvalue weighted by Crippen LogP contribution is -2.40. The molecular weight excluding hydrogens is 372 g/mol. The van der Waals surface area contributed by atoms with Gasteiger partial charge in [-0.15, -0.1) is 0 Å². The number of fused-ring (bicyclic) bond motifs is 3. The van der Waals surface area contributed by atoms with Crippen LogP contribution in [-0.4, -0.2) is 26.0 Å². The average molecular weight is 401 g/mol. The van der Waals surface area contributed by atoms with Gasteiger partial charge in [0.1, 0.15) is 11.3 Å². The van der Waals surface area contributed by atoms with E-state index < -0.39 is 0 Å². The molecule has 0 unspecified atom stereocenters. The molecule has 0 spiro atoms. The summed E-state index contributed by atoms with van der Waals surface area (Å²) in [6.45, 7) is 6.83. The van der Waals surface area contributed by atoms with E-state index in [4.69, 9.17) is 4.98 Å². The summed E-state index contributed by atoms with van der Waals surface area (Å²) in [6.07, 6.45) is 4.13. The van der Waals surface area contributed by atoms with Gasteiger partial charge in [-0.1, -0.05) is 48.5 Å². The van der Waals surface area contributed by atoms with Gasteiger partial charge in [0.15, 0.2) is 0 Å². The summed E-state index contributed by atoms with van der Waals surface area (Å²) in [7, 11) is 0. The number of imidazole rings is 1. The normalized spacial score (nSPS) is 11.8. The lowest BCUT2D eigenvalue weighted by molar-refractivity contribution is -0.122. The van der Waals surface area contributed by atoms with Crippen LogP contribution in [0.3, 0.4) is 0 Å². The van der Waals surface area contributed by atoms with Crippen molar-refractivity contribution in [3.63, 3.8) is 0 Å². The summed E-state index contributed by atoms with van der Waals surface area (Å²) in [4.78, 5) is 21.7. The molecule has 2 aromatic carbocycles. The maximum Gasteiger partial charge on any atom is 0.220 e. The van der Waals surface area contributed by atoms with Crippen molar-refractivity contribution in [1.29, 1.82) is 0 Å². The Bertz CT molecular complexity index is 1170. The minimum absolute atomic E-state index is 0.107. The Kier molecular flexibility index (Phi) is 5.53. The summed E-state index contributed by atoms with van der Waals surface area (Å²) < 4.78 is 2.29. The Labute approximate surface area is 177 Å². The molecule has 0 saturated carbocycles. The third-order valence-electron chi connectivity index (χ3n) is 5.06. The summed E-state index contributed by atoms with van der Waals surface area (Å²) in [5.41, 5.74) is 3.87. The SMILES string of the molecule is CC(C)(C)NC(=O)CCCCn1c(-c2ccccc2)nc2cnc3ccccc3c21. The smallest absolute Gasteiger partial charge is 0.220 e. The second kappa shape index (κ2) is 8.27. The topological polar surface area (TPSA) is 59.8 Å². The van der Waals surface area contributed by atoms with Crippen molar-refractivity contribution in [3.8, 4) is 11.4 Å². The molecule has 2 aromatic heterocycles. The Morgan fingerprint density at radius 3 is 2.47 bits per heavy atom. The molecule has 30 heavy (non-hydrogen) atoms. The van der Waals surface area contributed by atoms with Gasteiger partial charge < -0.3 is 9.88 Å². The molecule has 154 valence electrons. The Morgan fingerprint density at radius 1 is 0.967 bits per heavy atom. The van der Waals surface area contributed by atoms with Gasteiger partial charge in [0.2, 0.25) is 5.91 Å². The van der Waals surface area contributed by atoms with Crippen LogP contribution >= 0.6 is 0 Å². The molecule has 0 aliphatic carbocycles. The van der Waals surface area contributed by atoms with E-state index in [9.17, 15) is 4.79 Å². The highest BCUT2D eigenvalue weighted by Gasteiger charge is 2.16. The van der Waals surface area contributed by atoms with E-state index in [1.165, 1.54) is 0 Å². The molecule has 1 N–H and O–H groups in total. The Balaban J connectivity index is 1.65. The summed E-state index contributed by atoms with van der Waals surface area (Å²) in [6, 6.07) is 18.4.